The topological polar surface area (TPSA) is 94.6 Å². The molecule has 0 amide bonds. The van der Waals surface area contributed by atoms with Crippen LogP contribution in [0.3, 0.4) is 0 Å². The number of ketones is 1. The third-order valence-corrected chi connectivity index (χ3v) is 7.88. The molecule has 178 valence electrons. The van der Waals surface area contributed by atoms with Gasteiger partial charge in [-0.3, -0.25) is 9.78 Å². The first-order valence-corrected chi connectivity index (χ1v) is 12.8. The van der Waals surface area contributed by atoms with Crippen LogP contribution in [0.5, 0.6) is 11.5 Å². The van der Waals surface area contributed by atoms with Gasteiger partial charge < -0.3 is 9.47 Å². The van der Waals surface area contributed by atoms with E-state index < -0.39 is 15.4 Å². The number of nitrogens with one attached hydrogen (secondary N) is 1. The number of sulfonamides is 1. The Bertz CT molecular complexity index is 1350. The highest BCUT2D eigenvalue weighted by atomic mass is 32.2. The van der Waals surface area contributed by atoms with E-state index in [2.05, 4.69) is 9.71 Å². The molecule has 0 unspecified atom stereocenters. The Hall–Kier alpha value is -3.23. The Balaban J connectivity index is 0.00000289. The molecular formula is C26H28N2O5S. The van der Waals surface area contributed by atoms with Crippen LogP contribution in [0.4, 0.5) is 0 Å². The van der Waals surface area contributed by atoms with Crippen LogP contribution in [0.25, 0.3) is 11.3 Å². The number of hydrogen-bond acceptors (Lipinski definition) is 6. The third-order valence-electron chi connectivity index (χ3n) is 6.21. The second-order valence-corrected chi connectivity index (χ2v) is 10.8. The van der Waals surface area contributed by atoms with Crippen molar-refractivity contribution in [2.24, 2.45) is 0 Å². The van der Waals surface area contributed by atoms with E-state index in [4.69, 9.17) is 9.47 Å². The number of carbonyl (C=O) groups excluding carboxylic acids is 1. The summed E-state index contributed by atoms with van der Waals surface area (Å²) in [5.74, 6) is 1.53. The van der Waals surface area contributed by atoms with Gasteiger partial charge in [-0.15, -0.1) is 0 Å². The molecule has 2 heterocycles. The minimum Gasteiger partial charge on any atom is -0.454 e. The fourth-order valence-corrected chi connectivity index (χ4v) is 5.55. The maximum Gasteiger partial charge on any atom is 0.240 e. The van der Waals surface area contributed by atoms with Crippen LogP contribution >= 0.6 is 0 Å². The largest absolute Gasteiger partial charge is 0.454 e. The van der Waals surface area contributed by atoms with E-state index in [1.54, 1.807) is 38.1 Å². The Morgan fingerprint density at radius 2 is 1.79 bits per heavy atom. The summed E-state index contributed by atoms with van der Waals surface area (Å²) in [7, 11) is -3.55. The monoisotopic (exact) mass is 480 g/mol. The molecule has 0 saturated heterocycles. The van der Waals surface area contributed by atoms with Crippen molar-refractivity contribution in [1.82, 2.24) is 9.71 Å². The van der Waals surface area contributed by atoms with Crippen LogP contribution < -0.4 is 14.2 Å². The molecule has 3 aromatic rings. The van der Waals surface area contributed by atoms with Crippen LogP contribution in [0.15, 0.2) is 65.6 Å². The van der Waals surface area contributed by atoms with Crippen LogP contribution in [-0.2, 0) is 26.7 Å². The van der Waals surface area contributed by atoms with E-state index in [-0.39, 0.29) is 31.4 Å². The number of aromatic nitrogens is 1. The number of Topliss-reactive ketones (excluding diaryl/α,β-unsaturated/α-hetero) is 1. The number of ether oxygens (including phenoxy) is 2. The van der Waals surface area contributed by atoms with Crippen molar-refractivity contribution in [3.8, 4) is 22.8 Å². The molecule has 0 radical (unpaired) electrons. The maximum absolute atomic E-state index is 13.3. The molecule has 8 heteroatoms. The van der Waals surface area contributed by atoms with E-state index in [0.717, 1.165) is 24.0 Å². The highest BCUT2D eigenvalue weighted by molar-refractivity contribution is 7.89. The standard InChI is InChI=1S/C26H26N2O5S.H2/c1-17(2)28-34(30,31)21-9-6-18(7-10-21)22-5-3-4-20(27-22)15-25(29)26(12-13-26)19-8-11-23-24(14-19)33-16-32-23;/h3-11,14,17,28H,12-13,15-16H2,1-2H3;1H. The second-order valence-electron chi connectivity index (χ2n) is 9.06. The zero-order valence-electron chi connectivity index (χ0n) is 19.1. The van der Waals surface area contributed by atoms with Crippen molar-refractivity contribution in [3.63, 3.8) is 0 Å². The van der Waals surface area contributed by atoms with Gasteiger partial charge in [-0.05, 0) is 68.7 Å². The highest BCUT2D eigenvalue weighted by Gasteiger charge is 2.51. The molecule has 2 aromatic carbocycles. The minimum atomic E-state index is -3.55. The molecule has 5 rings (SSSR count). The smallest absolute Gasteiger partial charge is 0.240 e. The normalized spacial score (nSPS) is 16.0. The summed E-state index contributed by atoms with van der Waals surface area (Å²) in [6, 6.07) is 17.7. The summed E-state index contributed by atoms with van der Waals surface area (Å²) in [6.07, 6.45) is 1.85. The molecule has 1 fully saturated rings. The predicted octanol–water partition coefficient (Wildman–Crippen LogP) is 4.25. The predicted molar refractivity (Wildman–Crippen MR) is 129 cm³/mol. The number of carbonyl (C=O) groups is 1. The summed E-state index contributed by atoms with van der Waals surface area (Å²) in [4.78, 5) is 18.2. The summed E-state index contributed by atoms with van der Waals surface area (Å²) in [6.45, 7) is 3.76. The Morgan fingerprint density at radius 1 is 1.06 bits per heavy atom. The van der Waals surface area contributed by atoms with Gasteiger partial charge in [0.15, 0.2) is 11.5 Å². The van der Waals surface area contributed by atoms with E-state index in [1.807, 2.05) is 36.4 Å². The maximum atomic E-state index is 13.3. The first-order valence-electron chi connectivity index (χ1n) is 11.3. The molecule has 2 aliphatic rings. The van der Waals surface area contributed by atoms with Crippen molar-refractivity contribution in [2.75, 3.05) is 6.79 Å². The average Bonchev–Trinajstić information content (AvgIpc) is 3.49. The van der Waals surface area contributed by atoms with Crippen molar-refractivity contribution >= 4 is 15.8 Å². The molecule has 1 aromatic heterocycles. The fourth-order valence-electron chi connectivity index (χ4n) is 4.30. The van der Waals surface area contributed by atoms with E-state index in [1.165, 1.54) is 0 Å². The quantitative estimate of drug-likeness (QED) is 0.518. The second kappa shape index (κ2) is 8.52. The number of pyridine rings is 1. The van der Waals surface area contributed by atoms with Crippen molar-refractivity contribution in [3.05, 3.63) is 71.9 Å². The Kier molecular flexibility index (Phi) is 5.65. The van der Waals surface area contributed by atoms with Crippen LogP contribution in [0.2, 0.25) is 0 Å². The van der Waals surface area contributed by atoms with Gasteiger partial charge in [-0.2, -0.15) is 0 Å². The van der Waals surface area contributed by atoms with Gasteiger partial charge in [0.1, 0.15) is 5.78 Å². The van der Waals surface area contributed by atoms with Gasteiger partial charge in [0, 0.05) is 25.1 Å². The van der Waals surface area contributed by atoms with Crippen molar-refractivity contribution in [1.29, 1.82) is 0 Å². The first-order chi connectivity index (χ1) is 16.3. The van der Waals surface area contributed by atoms with Gasteiger partial charge in [0.05, 0.1) is 16.0 Å². The fraction of sp³-hybridized carbons (Fsp3) is 0.308. The molecule has 7 nitrogen and oxygen atoms in total. The lowest BCUT2D eigenvalue weighted by Gasteiger charge is -2.15. The lowest BCUT2D eigenvalue weighted by molar-refractivity contribution is -0.120. The summed E-state index contributed by atoms with van der Waals surface area (Å²) >= 11 is 0. The van der Waals surface area contributed by atoms with Crippen LogP contribution in [0, 0.1) is 0 Å². The van der Waals surface area contributed by atoms with Crippen molar-refractivity contribution < 1.29 is 24.1 Å². The number of benzene rings is 2. The molecule has 0 atom stereocenters. The number of rotatable bonds is 8. The molecule has 1 N–H and O–H groups in total. The van der Waals surface area contributed by atoms with E-state index >= 15 is 0 Å². The van der Waals surface area contributed by atoms with Crippen molar-refractivity contribution in [2.45, 2.75) is 49.5 Å². The SMILES string of the molecule is CC(C)NS(=O)(=O)c1ccc(-c2cccc(CC(=O)C3(c4ccc5c(c4)OCO5)CC3)n2)cc1.[HH]. The van der Waals surface area contributed by atoms with E-state index in [9.17, 15) is 13.2 Å². The van der Waals surface area contributed by atoms with Crippen LogP contribution in [-0.4, -0.2) is 32.0 Å². The highest BCUT2D eigenvalue weighted by Crippen LogP contribution is 2.51. The molecule has 0 bridgehead atoms. The van der Waals surface area contributed by atoms with Gasteiger partial charge >= 0.3 is 0 Å². The van der Waals surface area contributed by atoms with Crippen LogP contribution in [0.1, 0.15) is 39.4 Å². The molecule has 34 heavy (non-hydrogen) atoms. The summed E-state index contributed by atoms with van der Waals surface area (Å²) in [5, 5.41) is 0. The van der Waals surface area contributed by atoms with Gasteiger partial charge in [0.2, 0.25) is 16.8 Å². The molecule has 1 saturated carbocycles. The number of fused-ring (bicyclic) bond motifs is 1. The third kappa shape index (κ3) is 4.31. The molecule has 1 aliphatic carbocycles. The van der Waals surface area contributed by atoms with Gasteiger partial charge in [0.25, 0.3) is 0 Å². The first kappa shape index (κ1) is 22.6. The van der Waals surface area contributed by atoms with E-state index in [0.29, 0.717) is 22.9 Å². The zero-order chi connectivity index (χ0) is 23.9. The number of hydrogen-bond donors (Lipinski definition) is 1. The van der Waals surface area contributed by atoms with Gasteiger partial charge in [-0.1, -0.05) is 24.3 Å². The average molecular weight is 481 g/mol. The number of nitrogens with zero attached hydrogens (tertiary/aromatic N) is 1. The zero-order valence-corrected chi connectivity index (χ0v) is 19.9. The lowest BCUT2D eigenvalue weighted by atomic mass is 9.88. The summed E-state index contributed by atoms with van der Waals surface area (Å²) in [5.41, 5.74) is 2.64. The minimum absolute atomic E-state index is 0. The Morgan fingerprint density at radius 3 is 2.50 bits per heavy atom. The molecule has 1 aliphatic heterocycles. The molecule has 0 spiro atoms. The molecular weight excluding hydrogens is 452 g/mol. The van der Waals surface area contributed by atoms with Gasteiger partial charge in [-0.25, -0.2) is 13.1 Å². The lowest BCUT2D eigenvalue weighted by Crippen LogP contribution is -2.30. The summed E-state index contributed by atoms with van der Waals surface area (Å²) < 4.78 is 38.2. The Labute approximate surface area is 200 Å².